The van der Waals surface area contributed by atoms with Gasteiger partial charge in [0.15, 0.2) is 12.4 Å². The number of fused-ring (bicyclic) bond motifs is 1. The summed E-state index contributed by atoms with van der Waals surface area (Å²) in [4.78, 5) is 26.2. The SMILES string of the molecule is COc1cccc(OCC(=O)NN2c3ccccc3CCCC2C(=O)c2ccccc2)c1. The number of hydrogen-bond donors (Lipinski definition) is 1. The van der Waals surface area contributed by atoms with Crippen LogP contribution in [0.4, 0.5) is 5.69 Å². The van der Waals surface area contributed by atoms with Gasteiger partial charge in [-0.3, -0.25) is 20.0 Å². The lowest BCUT2D eigenvalue weighted by Gasteiger charge is -2.32. The van der Waals surface area contributed by atoms with Crippen LogP contribution in [0, 0.1) is 0 Å². The molecule has 164 valence electrons. The normalized spacial score (nSPS) is 15.3. The molecule has 32 heavy (non-hydrogen) atoms. The summed E-state index contributed by atoms with van der Waals surface area (Å²) in [5, 5.41) is 1.72. The summed E-state index contributed by atoms with van der Waals surface area (Å²) in [6.07, 6.45) is 2.34. The van der Waals surface area contributed by atoms with Gasteiger partial charge in [-0.1, -0.05) is 54.6 Å². The van der Waals surface area contributed by atoms with Gasteiger partial charge in [0.05, 0.1) is 12.8 Å². The third-order valence-corrected chi connectivity index (χ3v) is 5.50. The number of nitrogens with zero attached hydrogens (tertiary/aromatic N) is 1. The van der Waals surface area contributed by atoms with Crippen molar-refractivity contribution >= 4 is 17.4 Å². The van der Waals surface area contributed by atoms with E-state index in [1.165, 1.54) is 0 Å². The Morgan fingerprint density at radius 2 is 1.72 bits per heavy atom. The molecule has 0 fully saturated rings. The highest BCUT2D eigenvalue weighted by Crippen LogP contribution is 2.29. The molecule has 6 heteroatoms. The van der Waals surface area contributed by atoms with E-state index in [0.29, 0.717) is 23.5 Å². The van der Waals surface area contributed by atoms with Crippen molar-refractivity contribution in [3.63, 3.8) is 0 Å². The minimum atomic E-state index is -0.498. The van der Waals surface area contributed by atoms with Gasteiger partial charge in [0, 0.05) is 11.6 Å². The maximum Gasteiger partial charge on any atom is 0.276 e. The van der Waals surface area contributed by atoms with Gasteiger partial charge in [0.2, 0.25) is 0 Å². The Hall–Kier alpha value is -3.80. The minimum Gasteiger partial charge on any atom is -0.497 e. The Labute approximate surface area is 187 Å². The summed E-state index contributed by atoms with van der Waals surface area (Å²) in [7, 11) is 1.58. The van der Waals surface area contributed by atoms with Gasteiger partial charge >= 0.3 is 0 Å². The van der Waals surface area contributed by atoms with Crippen LogP contribution in [0.25, 0.3) is 0 Å². The van der Waals surface area contributed by atoms with E-state index in [0.717, 1.165) is 24.1 Å². The van der Waals surface area contributed by atoms with E-state index in [4.69, 9.17) is 9.47 Å². The number of methoxy groups -OCH3 is 1. The van der Waals surface area contributed by atoms with Crippen LogP contribution in [0.15, 0.2) is 78.9 Å². The Morgan fingerprint density at radius 3 is 2.53 bits per heavy atom. The highest BCUT2D eigenvalue weighted by atomic mass is 16.5. The average molecular weight is 431 g/mol. The molecule has 0 aliphatic carbocycles. The number of benzene rings is 3. The minimum absolute atomic E-state index is 0.0173. The highest BCUT2D eigenvalue weighted by molar-refractivity contribution is 6.02. The molecule has 0 bridgehead atoms. The molecule has 4 rings (SSSR count). The quantitative estimate of drug-likeness (QED) is 0.569. The Kier molecular flexibility index (Phi) is 6.70. The van der Waals surface area contributed by atoms with E-state index in [2.05, 4.69) is 5.43 Å². The van der Waals surface area contributed by atoms with E-state index >= 15 is 0 Å². The van der Waals surface area contributed by atoms with E-state index in [-0.39, 0.29) is 18.3 Å². The first-order chi connectivity index (χ1) is 15.7. The molecule has 1 atom stereocenters. The van der Waals surface area contributed by atoms with Crippen molar-refractivity contribution in [1.29, 1.82) is 0 Å². The molecule has 1 N–H and O–H groups in total. The molecule has 0 spiro atoms. The Morgan fingerprint density at radius 1 is 0.969 bits per heavy atom. The van der Waals surface area contributed by atoms with Crippen LogP contribution in [0.2, 0.25) is 0 Å². The number of para-hydroxylation sites is 1. The van der Waals surface area contributed by atoms with Crippen LogP contribution in [0.5, 0.6) is 11.5 Å². The fourth-order valence-electron chi connectivity index (χ4n) is 3.93. The number of ketones is 1. The second-order valence-electron chi connectivity index (χ2n) is 7.64. The number of carbonyl (C=O) groups is 2. The van der Waals surface area contributed by atoms with Gasteiger partial charge in [0.1, 0.15) is 17.5 Å². The van der Waals surface area contributed by atoms with Crippen LogP contribution < -0.4 is 19.9 Å². The molecule has 3 aromatic carbocycles. The molecule has 1 unspecified atom stereocenters. The predicted molar refractivity (Wildman–Crippen MR) is 123 cm³/mol. The maximum absolute atomic E-state index is 13.4. The van der Waals surface area contributed by atoms with Gasteiger partial charge < -0.3 is 9.47 Å². The molecule has 0 saturated heterocycles. The number of Topliss-reactive ketones (excluding diaryl/α,β-unsaturated/α-hetero) is 1. The summed E-state index contributed by atoms with van der Waals surface area (Å²) in [5.41, 5.74) is 5.50. The zero-order valence-corrected chi connectivity index (χ0v) is 18.0. The monoisotopic (exact) mass is 430 g/mol. The molecule has 0 radical (unpaired) electrons. The van der Waals surface area contributed by atoms with Crippen LogP contribution >= 0.6 is 0 Å². The second-order valence-corrected chi connectivity index (χ2v) is 7.64. The summed E-state index contributed by atoms with van der Waals surface area (Å²) in [5.74, 6) is 0.831. The van der Waals surface area contributed by atoms with Crippen LogP contribution in [0.1, 0.15) is 28.8 Å². The fraction of sp³-hybridized carbons (Fsp3) is 0.231. The molecule has 1 amide bonds. The standard InChI is InChI=1S/C26H26N2O4/c1-31-21-13-8-14-22(17-21)32-18-25(29)27-28-23-15-6-5-9-19(23)12-7-16-24(28)26(30)20-10-3-2-4-11-20/h2-6,8-11,13-15,17,24H,7,12,16,18H2,1H3,(H,27,29). The lowest BCUT2D eigenvalue weighted by atomic mass is 9.99. The smallest absolute Gasteiger partial charge is 0.276 e. The highest BCUT2D eigenvalue weighted by Gasteiger charge is 2.31. The molecule has 1 aliphatic rings. The summed E-state index contributed by atoms with van der Waals surface area (Å²) < 4.78 is 10.8. The van der Waals surface area contributed by atoms with E-state index in [9.17, 15) is 9.59 Å². The van der Waals surface area contributed by atoms with E-state index < -0.39 is 6.04 Å². The average Bonchev–Trinajstić information content (AvgIpc) is 3.02. The van der Waals surface area contributed by atoms with Crippen molar-refractivity contribution in [2.45, 2.75) is 25.3 Å². The van der Waals surface area contributed by atoms with Crippen LogP contribution in [-0.4, -0.2) is 31.4 Å². The Balaban J connectivity index is 1.55. The second kappa shape index (κ2) is 10.0. The zero-order valence-electron chi connectivity index (χ0n) is 18.0. The fourth-order valence-corrected chi connectivity index (χ4v) is 3.93. The molecule has 1 aliphatic heterocycles. The van der Waals surface area contributed by atoms with Crippen LogP contribution in [0.3, 0.4) is 0 Å². The number of hydrazine groups is 1. The molecule has 0 aromatic heterocycles. The first-order valence-corrected chi connectivity index (χ1v) is 10.7. The molecule has 1 heterocycles. The van der Waals surface area contributed by atoms with Crippen molar-refractivity contribution in [2.75, 3.05) is 18.7 Å². The largest absolute Gasteiger partial charge is 0.497 e. The van der Waals surface area contributed by atoms with Crippen molar-refractivity contribution in [2.24, 2.45) is 0 Å². The maximum atomic E-state index is 13.4. The zero-order chi connectivity index (χ0) is 22.3. The molecule has 3 aromatic rings. The molecular weight excluding hydrogens is 404 g/mol. The number of aryl methyl sites for hydroxylation is 1. The van der Waals surface area contributed by atoms with E-state index in [1.807, 2.05) is 54.6 Å². The number of nitrogens with one attached hydrogen (secondary N) is 1. The van der Waals surface area contributed by atoms with Crippen LogP contribution in [-0.2, 0) is 11.2 Å². The number of rotatable bonds is 7. The van der Waals surface area contributed by atoms with Gasteiger partial charge in [-0.2, -0.15) is 0 Å². The third-order valence-electron chi connectivity index (χ3n) is 5.50. The number of carbonyl (C=O) groups excluding carboxylic acids is 2. The van der Waals surface area contributed by atoms with Crippen molar-refractivity contribution < 1.29 is 19.1 Å². The molecular formula is C26H26N2O4. The molecule has 6 nitrogen and oxygen atoms in total. The lowest BCUT2D eigenvalue weighted by Crippen LogP contribution is -2.53. The number of amides is 1. The number of ether oxygens (including phenoxy) is 2. The van der Waals surface area contributed by atoms with E-state index in [1.54, 1.807) is 36.4 Å². The van der Waals surface area contributed by atoms with Gasteiger partial charge in [-0.15, -0.1) is 0 Å². The number of anilines is 1. The van der Waals surface area contributed by atoms with Gasteiger partial charge in [-0.05, 0) is 43.0 Å². The van der Waals surface area contributed by atoms with Gasteiger partial charge in [-0.25, -0.2) is 0 Å². The first kappa shape index (κ1) is 21.4. The summed E-state index contributed by atoms with van der Waals surface area (Å²) in [6, 6.07) is 23.7. The summed E-state index contributed by atoms with van der Waals surface area (Å²) in [6.45, 7) is -0.182. The third kappa shape index (κ3) is 4.91. The lowest BCUT2D eigenvalue weighted by molar-refractivity contribution is -0.123. The van der Waals surface area contributed by atoms with Crippen molar-refractivity contribution in [1.82, 2.24) is 5.43 Å². The number of hydrogen-bond acceptors (Lipinski definition) is 5. The Bertz CT molecular complexity index is 1080. The molecule has 0 saturated carbocycles. The topological polar surface area (TPSA) is 67.9 Å². The van der Waals surface area contributed by atoms with Gasteiger partial charge in [0.25, 0.3) is 5.91 Å². The summed E-state index contributed by atoms with van der Waals surface area (Å²) >= 11 is 0. The van der Waals surface area contributed by atoms with Crippen molar-refractivity contribution in [3.8, 4) is 11.5 Å². The first-order valence-electron chi connectivity index (χ1n) is 10.7. The predicted octanol–water partition coefficient (Wildman–Crippen LogP) is 4.20. The van der Waals surface area contributed by atoms with Crippen molar-refractivity contribution in [3.05, 3.63) is 90.0 Å².